The van der Waals surface area contributed by atoms with Crippen LogP contribution in [0.1, 0.15) is 57.0 Å². The standard InChI is InChI=1S/C60H38N8O6Si/c61-37-55(39-21-25-45(26-22-39)67(69)70)73-75(74-56(38-62)40-23-27-46(28-24-40)68(71)72)65-51-33-34-52(65)59(43-17-9-3-10-18-43)49-31-32-50(64-49)60(44-19-11-4-12-20-44)54-36-35-53(66(54)75)58(42-15-7-2-8-16-42)48-30-29-47(63-48)57(51)41-13-5-1-6-14-41/h1-36,55-56H. The largest absolute Gasteiger partial charge is 0.601 e. The van der Waals surface area contributed by atoms with Crippen molar-refractivity contribution in [2.45, 2.75) is 12.2 Å². The van der Waals surface area contributed by atoms with Crippen LogP contribution in [0.5, 0.6) is 0 Å². The van der Waals surface area contributed by atoms with E-state index in [-0.39, 0.29) is 22.5 Å². The van der Waals surface area contributed by atoms with Gasteiger partial charge in [0.15, 0.2) is 12.2 Å². The van der Waals surface area contributed by atoms with Crippen LogP contribution >= 0.6 is 0 Å². The van der Waals surface area contributed by atoms with Crippen molar-refractivity contribution >= 4 is 54.0 Å². The van der Waals surface area contributed by atoms with Crippen LogP contribution in [-0.2, 0) is 8.85 Å². The van der Waals surface area contributed by atoms with Crippen LogP contribution in [0.4, 0.5) is 11.4 Å². The lowest BCUT2D eigenvalue weighted by atomic mass is 10.0. The fraction of sp³-hybridized carbons (Fsp3) is 0.0333. The zero-order chi connectivity index (χ0) is 51.2. The summed E-state index contributed by atoms with van der Waals surface area (Å²) in [5.41, 5.74) is 9.49. The number of hydrogen-bond donors (Lipinski definition) is 0. The van der Waals surface area contributed by atoms with E-state index in [1.54, 1.807) is 0 Å². The number of aromatic nitrogens is 2. The Morgan fingerprint density at radius 3 is 1.12 bits per heavy atom. The van der Waals surface area contributed by atoms with Crippen molar-refractivity contribution < 1.29 is 18.7 Å². The summed E-state index contributed by atoms with van der Waals surface area (Å²) in [7, 11) is -5.19. The molecule has 0 saturated carbocycles. The molecule has 4 aliphatic rings. The van der Waals surface area contributed by atoms with Gasteiger partial charge in [-0.1, -0.05) is 121 Å². The summed E-state index contributed by atoms with van der Waals surface area (Å²) < 4.78 is 19.7. The zero-order valence-corrected chi connectivity index (χ0v) is 40.5. The predicted octanol–water partition coefficient (Wildman–Crippen LogP) is 10.5. The van der Waals surface area contributed by atoms with Crippen molar-refractivity contribution in [3.8, 4) is 12.1 Å². The maximum atomic E-state index is 12.1. The fourth-order valence-corrected chi connectivity index (χ4v) is 13.8. The Labute approximate surface area is 429 Å². The van der Waals surface area contributed by atoms with Gasteiger partial charge in [-0.15, -0.1) is 0 Å². The number of benzene rings is 6. The van der Waals surface area contributed by atoms with Gasteiger partial charge in [0.25, 0.3) is 11.4 Å². The van der Waals surface area contributed by atoms with Gasteiger partial charge in [-0.2, -0.15) is 10.5 Å². The summed E-state index contributed by atoms with van der Waals surface area (Å²) >= 11 is 0. The monoisotopic (exact) mass is 994 g/mol. The van der Waals surface area contributed by atoms with E-state index in [9.17, 15) is 30.8 Å². The van der Waals surface area contributed by atoms with Gasteiger partial charge < -0.3 is 17.3 Å². The molecular formula is C60H38N8O6Si. The van der Waals surface area contributed by atoms with E-state index >= 15 is 0 Å². The molecule has 6 heterocycles. The topological polar surface area (TPSA) is 187 Å². The second kappa shape index (κ2) is 18.8. The molecule has 8 aromatic rings. The lowest BCUT2D eigenvalue weighted by Crippen LogP contribution is -2.66. The Morgan fingerprint density at radius 1 is 0.440 bits per heavy atom. The second-order valence-corrected chi connectivity index (χ2v) is 20.2. The number of hydrogen-bond acceptors (Lipinski definition) is 10. The Hall–Kier alpha value is -10.2. The van der Waals surface area contributed by atoms with Crippen molar-refractivity contribution in [2.75, 3.05) is 0 Å². The highest BCUT2D eigenvalue weighted by Crippen LogP contribution is 2.43. The van der Waals surface area contributed by atoms with Gasteiger partial charge in [0, 0.05) is 68.6 Å². The molecule has 14 nitrogen and oxygen atoms in total. The van der Waals surface area contributed by atoms with Crippen molar-refractivity contribution in [2.24, 2.45) is 9.98 Å². The highest BCUT2D eigenvalue weighted by Gasteiger charge is 2.55. The zero-order valence-electron chi connectivity index (χ0n) is 39.5. The lowest BCUT2D eigenvalue weighted by molar-refractivity contribution is -0.385. The van der Waals surface area contributed by atoms with Gasteiger partial charge in [0.05, 0.1) is 44.8 Å². The highest BCUT2D eigenvalue weighted by atomic mass is 28.4. The van der Waals surface area contributed by atoms with E-state index in [4.69, 9.17) is 18.8 Å². The van der Waals surface area contributed by atoms with E-state index < -0.39 is 30.9 Å². The normalized spacial score (nSPS) is 16.9. The number of fused-ring (bicyclic) bond motifs is 2. The van der Waals surface area contributed by atoms with E-state index in [0.29, 0.717) is 67.2 Å². The number of nitriles is 2. The van der Waals surface area contributed by atoms with Crippen LogP contribution in [0.2, 0.25) is 0 Å². The van der Waals surface area contributed by atoms with E-state index in [2.05, 4.69) is 12.1 Å². The van der Waals surface area contributed by atoms with Crippen LogP contribution in [0, 0.1) is 42.9 Å². The predicted molar refractivity (Wildman–Crippen MR) is 286 cm³/mol. The van der Waals surface area contributed by atoms with E-state index in [1.807, 2.05) is 178 Å². The van der Waals surface area contributed by atoms with Crippen molar-refractivity contribution in [3.05, 3.63) is 306 Å². The summed E-state index contributed by atoms with van der Waals surface area (Å²) in [4.78, 5) is 34.1. The van der Waals surface area contributed by atoms with Crippen LogP contribution in [0.25, 0.3) is 22.3 Å². The molecule has 0 fully saturated rings. The first kappa shape index (κ1) is 45.9. The molecule has 6 bridgehead atoms. The third-order valence-corrected chi connectivity index (χ3v) is 16.7. The van der Waals surface area contributed by atoms with Gasteiger partial charge >= 0.3 is 8.88 Å². The first-order valence-corrected chi connectivity index (χ1v) is 25.5. The van der Waals surface area contributed by atoms with Crippen molar-refractivity contribution in [3.63, 3.8) is 0 Å². The van der Waals surface area contributed by atoms with Crippen LogP contribution < -0.4 is 10.7 Å². The van der Waals surface area contributed by atoms with Crippen molar-refractivity contribution in [1.29, 1.82) is 10.5 Å². The SMILES string of the molecule is N#CC(O[Si]1(OC(C#N)c2ccc([N+](=O)[O-])cc2)n2c3ccc2C(c2ccccc2)=C2C=CC(=N2)C(c2ccccc2)=c2ccc(n21)=C(c1ccccc1)C1=NC(=C3c2ccccc2)C=C1)c1ccc([N+](=O)[O-])cc1. The smallest absolute Gasteiger partial charge is 0.340 e. The van der Waals surface area contributed by atoms with Crippen LogP contribution in [0.15, 0.2) is 240 Å². The average Bonchev–Trinajstić information content (AvgIpc) is 4.38. The molecule has 0 spiro atoms. The molecule has 2 atom stereocenters. The summed E-state index contributed by atoms with van der Waals surface area (Å²) in [5, 5.41) is 48.6. The fourth-order valence-electron chi connectivity index (χ4n) is 10.2. The Balaban J connectivity index is 1.36. The minimum absolute atomic E-state index is 0.192. The number of nitro benzene ring substituents is 2. The summed E-state index contributed by atoms with van der Waals surface area (Å²) in [6, 6.07) is 63.1. The molecule has 0 amide bonds. The maximum absolute atomic E-state index is 12.1. The molecule has 4 aliphatic heterocycles. The Kier molecular flexibility index (Phi) is 11.5. The molecule has 15 heteroatoms. The molecule has 2 unspecified atom stereocenters. The van der Waals surface area contributed by atoms with E-state index in [1.165, 1.54) is 48.5 Å². The number of rotatable bonds is 12. The second-order valence-electron chi connectivity index (χ2n) is 17.8. The number of nitrogens with zero attached hydrogens (tertiary/aromatic N) is 8. The molecule has 0 aliphatic carbocycles. The average molecular weight is 995 g/mol. The first-order valence-electron chi connectivity index (χ1n) is 23.8. The highest BCUT2D eigenvalue weighted by molar-refractivity contribution is 6.65. The minimum Gasteiger partial charge on any atom is -0.340 e. The Bertz CT molecular complexity index is 3810. The number of nitro groups is 2. The van der Waals surface area contributed by atoms with Gasteiger partial charge in [-0.25, -0.2) is 9.98 Å². The maximum Gasteiger partial charge on any atom is 0.601 e. The third-order valence-electron chi connectivity index (χ3n) is 13.5. The molecule has 6 aromatic carbocycles. The first-order chi connectivity index (χ1) is 36.7. The number of aliphatic imine (C=N–C) groups is 2. The van der Waals surface area contributed by atoms with Crippen LogP contribution in [0.3, 0.4) is 0 Å². The van der Waals surface area contributed by atoms with Gasteiger partial charge in [-0.3, -0.25) is 20.2 Å². The number of non-ortho nitro benzene ring substituents is 2. The molecule has 0 N–H and O–H groups in total. The third kappa shape index (κ3) is 7.89. The summed E-state index contributed by atoms with van der Waals surface area (Å²) in [6.45, 7) is 0. The lowest BCUT2D eigenvalue weighted by Gasteiger charge is -2.39. The summed E-state index contributed by atoms with van der Waals surface area (Å²) in [6.07, 6.45) is 4.89. The molecule has 75 heavy (non-hydrogen) atoms. The molecule has 2 aromatic heterocycles. The van der Waals surface area contributed by atoms with Gasteiger partial charge in [-0.05, 0) is 106 Å². The van der Waals surface area contributed by atoms with Crippen molar-refractivity contribution in [1.82, 2.24) is 8.47 Å². The quantitative estimate of drug-likeness (QED) is 0.0657. The molecule has 0 radical (unpaired) electrons. The minimum atomic E-state index is -5.19. The molecule has 0 saturated heterocycles. The van der Waals surface area contributed by atoms with E-state index in [0.717, 1.165) is 22.3 Å². The Morgan fingerprint density at radius 2 is 0.787 bits per heavy atom. The molecule has 12 rings (SSSR count). The number of allylic oxidation sites excluding steroid dienone is 4. The van der Waals surface area contributed by atoms with Gasteiger partial charge in [0.2, 0.25) is 0 Å². The molecular weight excluding hydrogens is 957 g/mol. The summed E-state index contributed by atoms with van der Waals surface area (Å²) in [5.74, 6) is 0. The van der Waals surface area contributed by atoms with Gasteiger partial charge in [0.1, 0.15) is 0 Å². The molecule has 358 valence electrons. The van der Waals surface area contributed by atoms with Crippen LogP contribution in [-0.4, -0.2) is 38.6 Å².